The third kappa shape index (κ3) is 15.0. The summed E-state index contributed by atoms with van der Waals surface area (Å²) in [5, 5.41) is 20.1. The Morgan fingerprint density at radius 2 is 0.875 bits per heavy atom. The summed E-state index contributed by atoms with van der Waals surface area (Å²) in [6, 6.07) is 0. The normalized spacial score (nSPS) is 10.9. The van der Waals surface area contributed by atoms with Crippen LogP contribution in [0.3, 0.4) is 0 Å². The standard InChI is InChI=1S/C12H26O2Se2/c13-9-5-1-3-7-11-15-16-12-8-4-2-6-10-14/h13-14H,1-12H2. The zero-order valence-electron chi connectivity index (χ0n) is 10.2. The van der Waals surface area contributed by atoms with Gasteiger partial charge in [-0.25, -0.2) is 0 Å². The van der Waals surface area contributed by atoms with Crippen molar-refractivity contribution < 1.29 is 10.2 Å². The molecule has 2 N–H and O–H groups in total. The molecule has 0 amide bonds. The van der Waals surface area contributed by atoms with Crippen molar-refractivity contribution in [1.82, 2.24) is 0 Å². The molecule has 0 bridgehead atoms. The van der Waals surface area contributed by atoms with Gasteiger partial charge >= 0.3 is 112 Å². The quantitative estimate of drug-likeness (QED) is 0.391. The average molecular weight is 360 g/mol. The van der Waals surface area contributed by atoms with Crippen LogP contribution < -0.4 is 0 Å². The van der Waals surface area contributed by atoms with Gasteiger partial charge in [0, 0.05) is 0 Å². The van der Waals surface area contributed by atoms with Crippen molar-refractivity contribution in [3.05, 3.63) is 0 Å². The summed E-state index contributed by atoms with van der Waals surface area (Å²) in [5.74, 6) is 0. The number of hydrogen-bond acceptors (Lipinski definition) is 2. The predicted octanol–water partition coefficient (Wildman–Crippen LogP) is 2.25. The monoisotopic (exact) mass is 362 g/mol. The molecule has 0 aromatic carbocycles. The molecule has 0 aliphatic rings. The average Bonchev–Trinajstić information content (AvgIpc) is 2.31. The van der Waals surface area contributed by atoms with Crippen molar-refractivity contribution in [2.75, 3.05) is 13.2 Å². The summed E-state index contributed by atoms with van der Waals surface area (Å²) in [5.41, 5.74) is 0. The molecular formula is C12H26O2Se2. The Bertz CT molecular complexity index is 110. The van der Waals surface area contributed by atoms with E-state index in [1.54, 1.807) is 0 Å². The molecule has 0 saturated heterocycles. The third-order valence-corrected chi connectivity index (χ3v) is 10.1. The molecule has 0 saturated carbocycles. The first kappa shape index (κ1) is 17.0. The Hall–Kier alpha value is 0.959. The third-order valence-electron chi connectivity index (χ3n) is 2.35. The Morgan fingerprint density at radius 3 is 1.25 bits per heavy atom. The minimum atomic E-state index is 0.364. The molecule has 0 radical (unpaired) electrons. The molecule has 0 fully saturated rings. The second kappa shape index (κ2) is 16.0. The van der Waals surface area contributed by atoms with Crippen LogP contribution in [0, 0.1) is 0 Å². The molecule has 98 valence electrons. The van der Waals surface area contributed by atoms with Gasteiger partial charge in [-0.05, 0) is 0 Å². The number of unbranched alkanes of at least 4 members (excludes halogenated alkanes) is 6. The SMILES string of the molecule is OCCCCCC[Se][Se]CCCCCCO. The van der Waals surface area contributed by atoms with Crippen LogP contribution in [0.4, 0.5) is 0 Å². The number of aliphatic hydroxyl groups is 2. The zero-order chi connectivity index (χ0) is 11.9. The van der Waals surface area contributed by atoms with Crippen LogP contribution in [-0.2, 0) is 0 Å². The zero-order valence-corrected chi connectivity index (χ0v) is 13.6. The maximum atomic E-state index is 8.62. The van der Waals surface area contributed by atoms with Crippen LogP contribution in [0.2, 0.25) is 10.6 Å². The fourth-order valence-corrected chi connectivity index (χ4v) is 8.36. The topological polar surface area (TPSA) is 40.5 Å². The molecule has 0 aromatic rings. The molecule has 16 heavy (non-hydrogen) atoms. The molecule has 0 rings (SSSR count). The second-order valence-electron chi connectivity index (χ2n) is 3.92. The Balaban J connectivity index is 2.83. The Labute approximate surface area is 111 Å². The van der Waals surface area contributed by atoms with Crippen molar-refractivity contribution in [2.24, 2.45) is 0 Å². The number of rotatable bonds is 13. The van der Waals surface area contributed by atoms with Crippen molar-refractivity contribution in [2.45, 2.75) is 62.0 Å². The van der Waals surface area contributed by atoms with Crippen LogP contribution in [0.1, 0.15) is 51.4 Å². The molecule has 0 atom stereocenters. The van der Waals surface area contributed by atoms with E-state index in [2.05, 4.69) is 0 Å². The first-order chi connectivity index (χ1) is 7.91. The maximum absolute atomic E-state index is 8.62. The van der Waals surface area contributed by atoms with E-state index < -0.39 is 0 Å². The van der Waals surface area contributed by atoms with Crippen molar-refractivity contribution in [3.63, 3.8) is 0 Å². The summed E-state index contributed by atoms with van der Waals surface area (Å²) in [6.07, 6.45) is 9.79. The van der Waals surface area contributed by atoms with Gasteiger partial charge < -0.3 is 0 Å². The molecule has 0 aliphatic heterocycles. The minimum absolute atomic E-state index is 0.364. The van der Waals surface area contributed by atoms with Crippen LogP contribution in [0.25, 0.3) is 0 Å². The van der Waals surface area contributed by atoms with E-state index >= 15 is 0 Å². The van der Waals surface area contributed by atoms with Gasteiger partial charge in [-0.2, -0.15) is 0 Å². The molecule has 0 unspecified atom stereocenters. The molecule has 0 spiro atoms. The Morgan fingerprint density at radius 1 is 0.500 bits per heavy atom. The van der Waals surface area contributed by atoms with E-state index in [0.717, 1.165) is 39.1 Å². The van der Waals surface area contributed by atoms with Crippen molar-refractivity contribution >= 4 is 26.3 Å². The van der Waals surface area contributed by atoms with Gasteiger partial charge in [0.25, 0.3) is 0 Å². The van der Waals surface area contributed by atoms with Crippen LogP contribution in [-0.4, -0.2) is 49.7 Å². The molecule has 4 heteroatoms. The van der Waals surface area contributed by atoms with Gasteiger partial charge in [0.1, 0.15) is 0 Å². The summed E-state index contributed by atoms with van der Waals surface area (Å²) in [4.78, 5) is 0. The van der Waals surface area contributed by atoms with E-state index in [4.69, 9.17) is 10.2 Å². The summed E-state index contributed by atoms with van der Waals surface area (Å²) >= 11 is 1.84. The van der Waals surface area contributed by atoms with Gasteiger partial charge in [-0.15, -0.1) is 0 Å². The van der Waals surface area contributed by atoms with E-state index in [9.17, 15) is 0 Å². The van der Waals surface area contributed by atoms with Crippen LogP contribution in [0.5, 0.6) is 0 Å². The van der Waals surface area contributed by atoms with Gasteiger partial charge in [-0.3, -0.25) is 0 Å². The number of hydrogen-bond donors (Lipinski definition) is 2. The second-order valence-corrected chi connectivity index (χ2v) is 11.8. The number of aliphatic hydroxyl groups excluding tert-OH is 2. The van der Waals surface area contributed by atoms with E-state index in [1.165, 1.54) is 49.2 Å². The van der Waals surface area contributed by atoms with E-state index in [1.807, 2.05) is 0 Å². The fourth-order valence-electron chi connectivity index (χ4n) is 1.37. The first-order valence-corrected chi connectivity index (χ1v) is 13.1. The molecule has 0 heterocycles. The fraction of sp³-hybridized carbons (Fsp3) is 1.00. The summed E-state index contributed by atoms with van der Waals surface area (Å²) < 4.78 is 0. The summed E-state index contributed by atoms with van der Waals surface area (Å²) in [6.45, 7) is 0.728. The van der Waals surface area contributed by atoms with Crippen molar-refractivity contribution in [1.29, 1.82) is 0 Å². The van der Waals surface area contributed by atoms with Gasteiger partial charge in [-0.1, -0.05) is 0 Å². The molecule has 0 aromatic heterocycles. The van der Waals surface area contributed by atoms with Gasteiger partial charge in [0.2, 0.25) is 0 Å². The van der Waals surface area contributed by atoms with Crippen LogP contribution in [0.15, 0.2) is 0 Å². The van der Waals surface area contributed by atoms with Crippen molar-refractivity contribution in [3.8, 4) is 0 Å². The predicted molar refractivity (Wildman–Crippen MR) is 72.2 cm³/mol. The van der Waals surface area contributed by atoms with Crippen LogP contribution >= 0.6 is 0 Å². The first-order valence-electron chi connectivity index (χ1n) is 6.38. The Kier molecular flexibility index (Phi) is 16.9. The summed E-state index contributed by atoms with van der Waals surface area (Å²) in [7, 11) is 0. The van der Waals surface area contributed by atoms with Gasteiger partial charge in [0.05, 0.1) is 0 Å². The molecular weight excluding hydrogens is 334 g/mol. The molecule has 2 nitrogen and oxygen atoms in total. The van der Waals surface area contributed by atoms with E-state index in [-0.39, 0.29) is 0 Å². The van der Waals surface area contributed by atoms with Gasteiger partial charge in [0.15, 0.2) is 0 Å². The van der Waals surface area contributed by atoms with E-state index in [0.29, 0.717) is 13.2 Å². The molecule has 0 aliphatic carbocycles.